The average molecular weight is 254 g/mol. The molecular formula is C16H18N2O. The standard InChI is InChI=1S/C16H18N2O/c19-16(17-14-5-1-2-6-14)13-7-9-15(10-8-13)18-11-3-4-12-18/h3-4,7-12,14H,1-2,5-6H2,(H,17,19). The number of hydrogen-bond donors (Lipinski definition) is 1. The Morgan fingerprint density at radius 2 is 1.68 bits per heavy atom. The van der Waals surface area contributed by atoms with Crippen LogP contribution in [0.4, 0.5) is 0 Å². The quantitative estimate of drug-likeness (QED) is 0.897. The summed E-state index contributed by atoms with van der Waals surface area (Å²) in [7, 11) is 0. The fraction of sp³-hybridized carbons (Fsp3) is 0.312. The highest BCUT2D eigenvalue weighted by Crippen LogP contribution is 2.18. The van der Waals surface area contributed by atoms with E-state index in [0.717, 1.165) is 24.1 Å². The van der Waals surface area contributed by atoms with Gasteiger partial charge in [0.2, 0.25) is 0 Å². The monoisotopic (exact) mass is 254 g/mol. The summed E-state index contributed by atoms with van der Waals surface area (Å²) in [6.45, 7) is 0. The van der Waals surface area contributed by atoms with Crippen LogP contribution in [0.3, 0.4) is 0 Å². The summed E-state index contributed by atoms with van der Waals surface area (Å²) in [6.07, 6.45) is 8.69. The van der Waals surface area contributed by atoms with Crippen molar-refractivity contribution in [2.75, 3.05) is 0 Å². The second kappa shape index (κ2) is 5.31. The molecule has 3 rings (SSSR count). The summed E-state index contributed by atoms with van der Waals surface area (Å²) in [5.41, 5.74) is 1.81. The van der Waals surface area contributed by atoms with Gasteiger partial charge < -0.3 is 9.88 Å². The molecule has 1 saturated carbocycles. The van der Waals surface area contributed by atoms with Crippen LogP contribution in [0.25, 0.3) is 5.69 Å². The van der Waals surface area contributed by atoms with Crippen LogP contribution in [-0.4, -0.2) is 16.5 Å². The van der Waals surface area contributed by atoms with Gasteiger partial charge >= 0.3 is 0 Å². The highest BCUT2D eigenvalue weighted by molar-refractivity contribution is 5.94. The molecule has 0 bridgehead atoms. The van der Waals surface area contributed by atoms with Crippen molar-refractivity contribution in [3.63, 3.8) is 0 Å². The third kappa shape index (κ3) is 2.70. The Bertz CT molecular complexity index is 537. The molecule has 0 unspecified atom stereocenters. The molecule has 1 aliphatic carbocycles. The van der Waals surface area contributed by atoms with E-state index >= 15 is 0 Å². The van der Waals surface area contributed by atoms with Crippen molar-refractivity contribution < 1.29 is 4.79 Å². The molecule has 0 atom stereocenters. The second-order valence-corrected chi connectivity index (χ2v) is 5.09. The third-order valence-corrected chi connectivity index (χ3v) is 3.72. The zero-order valence-corrected chi connectivity index (χ0v) is 10.9. The van der Waals surface area contributed by atoms with Gasteiger partial charge in [-0.3, -0.25) is 4.79 Å². The largest absolute Gasteiger partial charge is 0.349 e. The van der Waals surface area contributed by atoms with E-state index in [2.05, 4.69) is 5.32 Å². The maximum Gasteiger partial charge on any atom is 0.251 e. The molecule has 1 aliphatic rings. The van der Waals surface area contributed by atoms with Gasteiger partial charge in [-0.25, -0.2) is 0 Å². The van der Waals surface area contributed by atoms with E-state index in [4.69, 9.17) is 0 Å². The normalized spacial score (nSPS) is 15.6. The molecule has 19 heavy (non-hydrogen) atoms. The maximum absolute atomic E-state index is 12.1. The molecule has 98 valence electrons. The van der Waals surface area contributed by atoms with E-state index in [-0.39, 0.29) is 5.91 Å². The number of amides is 1. The van der Waals surface area contributed by atoms with Crippen molar-refractivity contribution in [1.29, 1.82) is 0 Å². The lowest BCUT2D eigenvalue weighted by molar-refractivity contribution is 0.0938. The first-order chi connectivity index (χ1) is 9.33. The highest BCUT2D eigenvalue weighted by atomic mass is 16.1. The molecule has 1 heterocycles. The molecule has 2 aromatic rings. The number of carbonyl (C=O) groups excluding carboxylic acids is 1. The number of hydrogen-bond acceptors (Lipinski definition) is 1. The van der Waals surface area contributed by atoms with E-state index in [0.29, 0.717) is 6.04 Å². The van der Waals surface area contributed by atoms with Crippen LogP contribution >= 0.6 is 0 Å². The Morgan fingerprint density at radius 3 is 2.32 bits per heavy atom. The van der Waals surface area contributed by atoms with Gasteiger partial charge in [0, 0.05) is 29.7 Å². The Morgan fingerprint density at radius 1 is 1.05 bits per heavy atom. The summed E-state index contributed by atoms with van der Waals surface area (Å²) in [4.78, 5) is 12.1. The van der Waals surface area contributed by atoms with Crippen LogP contribution in [0.15, 0.2) is 48.8 Å². The molecule has 1 amide bonds. The zero-order chi connectivity index (χ0) is 13.1. The Labute approximate surface area is 113 Å². The molecule has 1 N–H and O–H groups in total. The first kappa shape index (κ1) is 12.0. The predicted octanol–water partition coefficient (Wildman–Crippen LogP) is 3.15. The van der Waals surface area contributed by atoms with Crippen molar-refractivity contribution in [2.24, 2.45) is 0 Å². The molecule has 0 saturated heterocycles. The summed E-state index contributed by atoms with van der Waals surface area (Å²) in [6, 6.07) is 12.1. The molecule has 3 nitrogen and oxygen atoms in total. The van der Waals surface area contributed by atoms with Gasteiger partial charge in [-0.05, 0) is 49.2 Å². The third-order valence-electron chi connectivity index (χ3n) is 3.72. The Kier molecular flexibility index (Phi) is 3.36. The van der Waals surface area contributed by atoms with Crippen molar-refractivity contribution >= 4 is 5.91 Å². The second-order valence-electron chi connectivity index (χ2n) is 5.09. The number of rotatable bonds is 3. The van der Waals surface area contributed by atoms with Crippen LogP contribution in [0.1, 0.15) is 36.0 Å². The number of aromatic nitrogens is 1. The van der Waals surface area contributed by atoms with E-state index in [1.165, 1.54) is 12.8 Å². The predicted molar refractivity (Wildman–Crippen MR) is 75.5 cm³/mol. The highest BCUT2D eigenvalue weighted by Gasteiger charge is 2.17. The molecule has 0 radical (unpaired) electrons. The van der Waals surface area contributed by atoms with Crippen molar-refractivity contribution in [3.8, 4) is 5.69 Å². The van der Waals surface area contributed by atoms with Gasteiger partial charge in [-0.2, -0.15) is 0 Å². The van der Waals surface area contributed by atoms with Crippen LogP contribution in [0.2, 0.25) is 0 Å². The summed E-state index contributed by atoms with van der Waals surface area (Å²) in [5, 5.41) is 3.10. The van der Waals surface area contributed by atoms with Gasteiger partial charge in [0.25, 0.3) is 5.91 Å². The zero-order valence-electron chi connectivity index (χ0n) is 10.9. The minimum atomic E-state index is 0.0472. The molecular weight excluding hydrogens is 236 g/mol. The Balaban J connectivity index is 1.69. The van der Waals surface area contributed by atoms with E-state index in [1.807, 2.05) is 53.4 Å². The average Bonchev–Trinajstić information content (AvgIpc) is 3.12. The minimum absolute atomic E-state index is 0.0472. The number of carbonyl (C=O) groups is 1. The lowest BCUT2D eigenvalue weighted by Gasteiger charge is -2.12. The molecule has 1 fully saturated rings. The number of nitrogens with one attached hydrogen (secondary N) is 1. The summed E-state index contributed by atoms with van der Waals surface area (Å²) >= 11 is 0. The smallest absolute Gasteiger partial charge is 0.251 e. The van der Waals surface area contributed by atoms with Gasteiger partial charge in [0.15, 0.2) is 0 Å². The first-order valence-electron chi connectivity index (χ1n) is 6.87. The maximum atomic E-state index is 12.1. The Hall–Kier alpha value is -2.03. The van der Waals surface area contributed by atoms with E-state index in [1.54, 1.807) is 0 Å². The summed E-state index contributed by atoms with van der Waals surface area (Å²) < 4.78 is 2.03. The minimum Gasteiger partial charge on any atom is -0.349 e. The summed E-state index contributed by atoms with van der Waals surface area (Å²) in [5.74, 6) is 0.0472. The van der Waals surface area contributed by atoms with Gasteiger partial charge in [-0.15, -0.1) is 0 Å². The fourth-order valence-corrected chi connectivity index (χ4v) is 2.63. The molecule has 0 aliphatic heterocycles. The molecule has 1 aromatic carbocycles. The van der Waals surface area contributed by atoms with Crippen LogP contribution in [0, 0.1) is 0 Å². The van der Waals surface area contributed by atoms with Crippen molar-refractivity contribution in [2.45, 2.75) is 31.7 Å². The molecule has 3 heteroatoms. The topological polar surface area (TPSA) is 34.0 Å². The molecule has 1 aromatic heterocycles. The van der Waals surface area contributed by atoms with Crippen molar-refractivity contribution in [1.82, 2.24) is 9.88 Å². The SMILES string of the molecule is O=C(NC1CCCC1)c1ccc(-n2cccc2)cc1. The van der Waals surface area contributed by atoms with Gasteiger partial charge in [-0.1, -0.05) is 12.8 Å². The molecule has 0 spiro atoms. The fourth-order valence-electron chi connectivity index (χ4n) is 2.63. The lowest BCUT2D eigenvalue weighted by Crippen LogP contribution is -2.32. The van der Waals surface area contributed by atoms with Crippen LogP contribution in [-0.2, 0) is 0 Å². The van der Waals surface area contributed by atoms with Gasteiger partial charge in [0.05, 0.1) is 0 Å². The first-order valence-corrected chi connectivity index (χ1v) is 6.87. The number of nitrogens with zero attached hydrogens (tertiary/aromatic N) is 1. The van der Waals surface area contributed by atoms with E-state index in [9.17, 15) is 4.79 Å². The van der Waals surface area contributed by atoms with E-state index < -0.39 is 0 Å². The lowest BCUT2D eigenvalue weighted by atomic mass is 10.1. The number of benzene rings is 1. The van der Waals surface area contributed by atoms with Crippen molar-refractivity contribution in [3.05, 3.63) is 54.4 Å². The van der Waals surface area contributed by atoms with Crippen LogP contribution in [0.5, 0.6) is 0 Å². The van der Waals surface area contributed by atoms with Crippen LogP contribution < -0.4 is 5.32 Å². The van der Waals surface area contributed by atoms with Gasteiger partial charge in [0.1, 0.15) is 0 Å².